The molecule has 0 radical (unpaired) electrons. The normalized spacial score (nSPS) is 14.6. The molecule has 0 amide bonds. The van der Waals surface area contributed by atoms with E-state index < -0.39 is 0 Å². The molecule has 2 rings (SSSR count). The standard InChI is InChI=1S/C17H25ClN2/c1-4-6-11-17(5-2,13-18)12-15-14-9-7-8-10-16(14)20(3)19-15/h7-10H,4-6,11-13H2,1-3H3. The third-order valence-electron chi connectivity index (χ3n) is 4.47. The van der Waals surface area contributed by atoms with Crippen LogP contribution in [0.15, 0.2) is 24.3 Å². The zero-order valence-corrected chi connectivity index (χ0v) is 13.6. The Kier molecular flexibility index (Phi) is 5.09. The third-order valence-corrected chi connectivity index (χ3v) is 5.04. The van der Waals surface area contributed by atoms with Crippen molar-refractivity contribution >= 4 is 22.5 Å². The van der Waals surface area contributed by atoms with E-state index in [4.69, 9.17) is 16.7 Å². The Bertz CT molecular complexity index is 555. The molecule has 110 valence electrons. The highest BCUT2D eigenvalue weighted by Crippen LogP contribution is 2.35. The molecule has 0 aliphatic heterocycles. The molecule has 0 spiro atoms. The van der Waals surface area contributed by atoms with Crippen molar-refractivity contribution in [3.8, 4) is 0 Å². The van der Waals surface area contributed by atoms with Crippen LogP contribution in [-0.4, -0.2) is 15.7 Å². The van der Waals surface area contributed by atoms with Crippen LogP contribution in [0.25, 0.3) is 10.9 Å². The molecule has 0 saturated heterocycles. The zero-order valence-electron chi connectivity index (χ0n) is 12.8. The summed E-state index contributed by atoms with van der Waals surface area (Å²) in [6, 6.07) is 8.46. The quantitative estimate of drug-likeness (QED) is 0.661. The number of nitrogens with zero attached hydrogens (tertiary/aromatic N) is 2. The second-order valence-corrected chi connectivity index (χ2v) is 6.12. The Morgan fingerprint density at radius 3 is 2.65 bits per heavy atom. The van der Waals surface area contributed by atoms with Crippen molar-refractivity contribution in [2.24, 2.45) is 12.5 Å². The SMILES string of the molecule is CCCCC(CC)(CCl)Cc1nn(C)c2ccccc12. The highest BCUT2D eigenvalue weighted by molar-refractivity contribution is 6.18. The van der Waals surface area contributed by atoms with Gasteiger partial charge >= 0.3 is 0 Å². The van der Waals surface area contributed by atoms with Gasteiger partial charge in [0.05, 0.1) is 11.2 Å². The molecule has 20 heavy (non-hydrogen) atoms. The fraction of sp³-hybridized carbons (Fsp3) is 0.588. The molecule has 1 aromatic heterocycles. The molecule has 1 heterocycles. The highest BCUT2D eigenvalue weighted by Gasteiger charge is 2.29. The molecule has 1 aromatic carbocycles. The van der Waals surface area contributed by atoms with Crippen LogP contribution in [0.4, 0.5) is 0 Å². The van der Waals surface area contributed by atoms with Crippen molar-refractivity contribution in [2.45, 2.75) is 46.0 Å². The summed E-state index contributed by atoms with van der Waals surface area (Å²) in [6.07, 6.45) is 5.75. The van der Waals surface area contributed by atoms with Gasteiger partial charge in [-0.1, -0.05) is 44.9 Å². The highest BCUT2D eigenvalue weighted by atomic mass is 35.5. The Morgan fingerprint density at radius 2 is 2.00 bits per heavy atom. The van der Waals surface area contributed by atoms with Crippen LogP contribution in [-0.2, 0) is 13.5 Å². The fourth-order valence-electron chi connectivity index (χ4n) is 2.92. The van der Waals surface area contributed by atoms with Crippen LogP contribution in [0, 0.1) is 5.41 Å². The molecule has 3 heteroatoms. The second kappa shape index (κ2) is 6.62. The summed E-state index contributed by atoms with van der Waals surface area (Å²) in [7, 11) is 2.02. The van der Waals surface area contributed by atoms with Gasteiger partial charge in [0.25, 0.3) is 0 Å². The van der Waals surface area contributed by atoms with E-state index in [1.807, 2.05) is 11.7 Å². The first kappa shape index (κ1) is 15.4. The van der Waals surface area contributed by atoms with E-state index in [0.717, 1.165) is 12.8 Å². The monoisotopic (exact) mass is 292 g/mol. The average Bonchev–Trinajstić information content (AvgIpc) is 2.80. The number of para-hydroxylation sites is 1. The molecular formula is C17H25ClN2. The van der Waals surface area contributed by atoms with Crippen molar-refractivity contribution in [1.82, 2.24) is 9.78 Å². The van der Waals surface area contributed by atoms with E-state index in [9.17, 15) is 0 Å². The largest absolute Gasteiger partial charge is 0.268 e. The number of aryl methyl sites for hydroxylation is 1. The summed E-state index contributed by atoms with van der Waals surface area (Å²) in [6.45, 7) is 4.49. The van der Waals surface area contributed by atoms with E-state index in [2.05, 4.69) is 38.1 Å². The van der Waals surface area contributed by atoms with Crippen LogP contribution in [0.3, 0.4) is 0 Å². The van der Waals surface area contributed by atoms with Gasteiger partial charge in [0.15, 0.2) is 0 Å². The van der Waals surface area contributed by atoms with Gasteiger partial charge < -0.3 is 0 Å². The average molecular weight is 293 g/mol. The maximum Gasteiger partial charge on any atom is 0.0709 e. The number of fused-ring (bicyclic) bond motifs is 1. The van der Waals surface area contributed by atoms with Crippen molar-refractivity contribution in [3.05, 3.63) is 30.0 Å². The molecule has 2 aromatic rings. The number of hydrogen-bond acceptors (Lipinski definition) is 1. The summed E-state index contributed by atoms with van der Waals surface area (Å²) >= 11 is 6.33. The van der Waals surface area contributed by atoms with Crippen LogP contribution in [0.5, 0.6) is 0 Å². The molecule has 0 aliphatic carbocycles. The Morgan fingerprint density at radius 1 is 1.25 bits per heavy atom. The maximum atomic E-state index is 6.33. The van der Waals surface area contributed by atoms with Crippen LogP contribution >= 0.6 is 11.6 Å². The van der Waals surface area contributed by atoms with E-state index >= 15 is 0 Å². The molecular weight excluding hydrogens is 268 g/mol. The minimum absolute atomic E-state index is 0.189. The molecule has 0 aliphatic rings. The predicted octanol–water partition coefficient (Wildman–Crippen LogP) is 4.94. The van der Waals surface area contributed by atoms with Gasteiger partial charge in [0, 0.05) is 18.3 Å². The van der Waals surface area contributed by atoms with E-state index in [-0.39, 0.29) is 5.41 Å². The number of benzene rings is 1. The Balaban J connectivity index is 2.33. The molecule has 0 N–H and O–H groups in total. The molecule has 0 saturated carbocycles. The Labute approximate surface area is 127 Å². The molecule has 0 bridgehead atoms. The first-order chi connectivity index (χ1) is 9.65. The lowest BCUT2D eigenvalue weighted by Crippen LogP contribution is -2.25. The lowest BCUT2D eigenvalue weighted by atomic mass is 9.78. The lowest BCUT2D eigenvalue weighted by Gasteiger charge is -2.30. The summed E-state index contributed by atoms with van der Waals surface area (Å²) in [5, 5.41) is 6.01. The van der Waals surface area contributed by atoms with Crippen molar-refractivity contribution < 1.29 is 0 Å². The maximum absolute atomic E-state index is 6.33. The third kappa shape index (κ3) is 3.01. The van der Waals surface area contributed by atoms with Gasteiger partial charge in [-0.2, -0.15) is 5.10 Å². The topological polar surface area (TPSA) is 17.8 Å². The van der Waals surface area contributed by atoms with Crippen molar-refractivity contribution in [3.63, 3.8) is 0 Å². The van der Waals surface area contributed by atoms with E-state index in [0.29, 0.717) is 5.88 Å². The van der Waals surface area contributed by atoms with Gasteiger partial charge in [0.1, 0.15) is 0 Å². The lowest BCUT2D eigenvalue weighted by molar-refractivity contribution is 0.276. The summed E-state index contributed by atoms with van der Waals surface area (Å²) in [4.78, 5) is 0. The smallest absolute Gasteiger partial charge is 0.0709 e. The first-order valence-corrected chi connectivity index (χ1v) is 8.16. The van der Waals surface area contributed by atoms with E-state index in [1.54, 1.807) is 0 Å². The van der Waals surface area contributed by atoms with Crippen LogP contribution in [0.1, 0.15) is 45.2 Å². The fourth-order valence-corrected chi connectivity index (χ4v) is 3.34. The number of unbranched alkanes of at least 4 members (excludes halogenated alkanes) is 1. The minimum atomic E-state index is 0.189. The van der Waals surface area contributed by atoms with Gasteiger partial charge in [0.2, 0.25) is 0 Å². The second-order valence-electron chi connectivity index (χ2n) is 5.85. The van der Waals surface area contributed by atoms with Crippen molar-refractivity contribution in [1.29, 1.82) is 0 Å². The van der Waals surface area contributed by atoms with Gasteiger partial charge in [-0.25, -0.2) is 0 Å². The summed E-state index contributed by atoms with van der Waals surface area (Å²) in [5.41, 5.74) is 2.59. The van der Waals surface area contributed by atoms with E-state index in [1.165, 1.54) is 35.9 Å². The molecule has 1 unspecified atom stereocenters. The van der Waals surface area contributed by atoms with Crippen LogP contribution < -0.4 is 0 Å². The van der Waals surface area contributed by atoms with Crippen LogP contribution in [0.2, 0.25) is 0 Å². The summed E-state index contributed by atoms with van der Waals surface area (Å²) in [5.74, 6) is 0.717. The van der Waals surface area contributed by atoms with Gasteiger partial charge in [-0.05, 0) is 30.7 Å². The number of halogens is 1. The summed E-state index contributed by atoms with van der Waals surface area (Å²) < 4.78 is 1.99. The Hall–Kier alpha value is -1.02. The molecule has 2 nitrogen and oxygen atoms in total. The van der Waals surface area contributed by atoms with Crippen molar-refractivity contribution in [2.75, 3.05) is 5.88 Å². The van der Waals surface area contributed by atoms with Gasteiger partial charge in [-0.3, -0.25) is 4.68 Å². The molecule has 1 atom stereocenters. The number of aromatic nitrogens is 2. The number of alkyl halides is 1. The predicted molar refractivity (Wildman–Crippen MR) is 87.4 cm³/mol. The number of rotatable bonds is 7. The van der Waals surface area contributed by atoms with Gasteiger partial charge in [-0.15, -0.1) is 11.6 Å². The molecule has 0 fully saturated rings. The zero-order chi connectivity index (χ0) is 14.6. The first-order valence-electron chi connectivity index (χ1n) is 7.62. The number of hydrogen-bond donors (Lipinski definition) is 0. The minimum Gasteiger partial charge on any atom is -0.268 e.